The van der Waals surface area contributed by atoms with Crippen molar-refractivity contribution in [1.82, 2.24) is 15.5 Å². The maximum Gasteiger partial charge on any atom is 0.191 e. The molecule has 2 N–H and O–H groups in total. The molecule has 1 heterocycles. The number of halogens is 1. The minimum atomic E-state index is -0.189. The van der Waals surface area contributed by atoms with E-state index < -0.39 is 0 Å². The van der Waals surface area contributed by atoms with Gasteiger partial charge in [-0.15, -0.1) is 24.0 Å². The molecular formula is C19H33IN4O. The quantitative estimate of drug-likeness (QED) is 0.388. The van der Waals surface area contributed by atoms with Crippen LogP contribution >= 0.6 is 24.0 Å². The number of aliphatic imine (C=N–C) groups is 1. The minimum absolute atomic E-state index is 0. The van der Waals surface area contributed by atoms with E-state index in [1.807, 2.05) is 12.1 Å². The Morgan fingerprint density at radius 3 is 2.72 bits per heavy atom. The highest BCUT2D eigenvalue weighted by Crippen LogP contribution is 2.39. The largest absolute Gasteiger partial charge is 0.487 e. The Morgan fingerprint density at radius 1 is 1.32 bits per heavy atom. The minimum Gasteiger partial charge on any atom is -0.487 e. The zero-order valence-electron chi connectivity index (χ0n) is 16.1. The molecule has 0 amide bonds. The summed E-state index contributed by atoms with van der Waals surface area (Å²) in [5.74, 6) is 1.84. The van der Waals surface area contributed by atoms with Gasteiger partial charge in [0.25, 0.3) is 0 Å². The van der Waals surface area contributed by atoms with Gasteiger partial charge in [-0.1, -0.05) is 25.1 Å². The van der Waals surface area contributed by atoms with Crippen molar-refractivity contribution in [2.24, 2.45) is 4.99 Å². The number of ether oxygens (including phenoxy) is 1. The van der Waals surface area contributed by atoms with E-state index in [9.17, 15) is 0 Å². The average Bonchev–Trinajstić information content (AvgIpc) is 2.53. The van der Waals surface area contributed by atoms with Gasteiger partial charge in [0.05, 0.1) is 12.6 Å². The Bertz CT molecular complexity index is 562. The molecule has 0 saturated carbocycles. The second kappa shape index (κ2) is 10.2. The molecule has 1 unspecified atom stereocenters. The first-order valence-electron chi connectivity index (χ1n) is 8.96. The van der Waals surface area contributed by atoms with Crippen molar-refractivity contribution in [3.63, 3.8) is 0 Å². The molecule has 1 atom stereocenters. The fourth-order valence-corrected chi connectivity index (χ4v) is 2.91. The number of fused-ring (bicyclic) bond motifs is 1. The van der Waals surface area contributed by atoms with Crippen LogP contribution in [0.5, 0.6) is 5.75 Å². The van der Waals surface area contributed by atoms with Gasteiger partial charge >= 0.3 is 0 Å². The Morgan fingerprint density at radius 2 is 2.04 bits per heavy atom. The van der Waals surface area contributed by atoms with E-state index in [1.54, 1.807) is 0 Å². The van der Waals surface area contributed by atoms with Crippen LogP contribution in [-0.4, -0.2) is 49.7 Å². The van der Waals surface area contributed by atoms with Gasteiger partial charge in [-0.05, 0) is 40.4 Å². The number of likely N-dealkylation sites (N-methyl/N-ethyl adjacent to an activating group) is 1. The molecule has 0 aliphatic carbocycles. The van der Waals surface area contributed by atoms with Crippen LogP contribution in [0.15, 0.2) is 29.3 Å². The first kappa shape index (κ1) is 22.0. The van der Waals surface area contributed by atoms with Crippen LogP contribution < -0.4 is 15.4 Å². The molecule has 1 aromatic rings. The number of para-hydroxylation sites is 1. The van der Waals surface area contributed by atoms with Crippen molar-refractivity contribution in [3.8, 4) is 5.75 Å². The van der Waals surface area contributed by atoms with Crippen molar-refractivity contribution in [2.45, 2.75) is 45.8 Å². The summed E-state index contributed by atoms with van der Waals surface area (Å²) in [6.07, 6.45) is 0.906. The van der Waals surface area contributed by atoms with Crippen LogP contribution in [0.4, 0.5) is 0 Å². The summed E-state index contributed by atoms with van der Waals surface area (Å²) in [7, 11) is 2.12. The Balaban J connectivity index is 0.00000312. The predicted molar refractivity (Wildman–Crippen MR) is 116 cm³/mol. The van der Waals surface area contributed by atoms with Crippen molar-refractivity contribution in [1.29, 1.82) is 0 Å². The van der Waals surface area contributed by atoms with Gasteiger partial charge in [0.2, 0.25) is 0 Å². The van der Waals surface area contributed by atoms with Crippen molar-refractivity contribution in [3.05, 3.63) is 29.8 Å². The third kappa shape index (κ3) is 6.66. The number of nitrogens with one attached hydrogen (secondary N) is 2. The lowest BCUT2D eigenvalue weighted by atomic mass is 9.90. The van der Waals surface area contributed by atoms with E-state index in [2.05, 4.69) is 62.4 Å². The first-order valence-corrected chi connectivity index (χ1v) is 8.96. The molecule has 5 nitrogen and oxygen atoms in total. The zero-order valence-corrected chi connectivity index (χ0v) is 18.5. The first-order chi connectivity index (χ1) is 11.4. The number of guanidine groups is 1. The van der Waals surface area contributed by atoms with Crippen LogP contribution in [0.3, 0.4) is 0 Å². The van der Waals surface area contributed by atoms with Crippen LogP contribution in [-0.2, 0) is 0 Å². The van der Waals surface area contributed by atoms with Crippen LogP contribution in [0.2, 0.25) is 0 Å². The van der Waals surface area contributed by atoms with Crippen molar-refractivity contribution < 1.29 is 4.74 Å². The SMILES string of the molecule is CCNC(=NCCN(C)CC)NC1CC(C)(C)Oc2ccccc21.I. The fraction of sp³-hybridized carbons (Fsp3) is 0.632. The van der Waals surface area contributed by atoms with Gasteiger partial charge in [-0.2, -0.15) is 0 Å². The maximum absolute atomic E-state index is 6.11. The smallest absolute Gasteiger partial charge is 0.191 e. The molecule has 2 rings (SSSR count). The lowest BCUT2D eigenvalue weighted by Crippen LogP contribution is -2.45. The molecular weight excluding hydrogens is 427 g/mol. The standard InChI is InChI=1S/C19H32N4O.HI/c1-6-20-18(21-12-13-23(5)7-2)22-16-14-19(3,4)24-17-11-9-8-10-15(16)17;/h8-11,16H,6-7,12-14H2,1-5H3,(H2,20,21,22);1H. The number of benzene rings is 1. The van der Waals surface area contributed by atoms with Crippen molar-refractivity contribution in [2.75, 3.05) is 33.2 Å². The molecule has 0 radical (unpaired) electrons. The summed E-state index contributed by atoms with van der Waals surface area (Å²) >= 11 is 0. The van der Waals surface area contributed by atoms with Gasteiger partial charge in [-0.25, -0.2) is 0 Å². The molecule has 0 saturated heterocycles. The monoisotopic (exact) mass is 460 g/mol. The topological polar surface area (TPSA) is 48.9 Å². The van der Waals surface area contributed by atoms with E-state index in [0.717, 1.165) is 44.3 Å². The van der Waals surface area contributed by atoms with E-state index in [0.29, 0.717) is 0 Å². The maximum atomic E-state index is 6.11. The third-order valence-corrected chi connectivity index (χ3v) is 4.32. The summed E-state index contributed by atoms with van der Waals surface area (Å²) in [6, 6.07) is 8.47. The average molecular weight is 460 g/mol. The van der Waals surface area contributed by atoms with Crippen LogP contribution in [0.25, 0.3) is 0 Å². The lowest BCUT2D eigenvalue weighted by molar-refractivity contribution is 0.0694. The van der Waals surface area contributed by atoms with Gasteiger partial charge in [0.1, 0.15) is 11.4 Å². The molecule has 0 spiro atoms. The van der Waals surface area contributed by atoms with Gasteiger partial charge < -0.3 is 20.3 Å². The molecule has 25 heavy (non-hydrogen) atoms. The Labute approximate surface area is 169 Å². The van der Waals surface area contributed by atoms with E-state index >= 15 is 0 Å². The molecule has 0 bridgehead atoms. The molecule has 1 aliphatic rings. The summed E-state index contributed by atoms with van der Waals surface area (Å²) in [6.45, 7) is 12.2. The number of nitrogens with zero attached hydrogens (tertiary/aromatic N) is 2. The summed E-state index contributed by atoms with van der Waals surface area (Å²) in [5.41, 5.74) is 1.01. The fourth-order valence-electron chi connectivity index (χ4n) is 2.91. The molecule has 0 aromatic heterocycles. The second-order valence-corrected chi connectivity index (χ2v) is 6.96. The highest BCUT2D eigenvalue weighted by Gasteiger charge is 2.33. The molecule has 1 aromatic carbocycles. The highest BCUT2D eigenvalue weighted by atomic mass is 127. The van der Waals surface area contributed by atoms with E-state index in [4.69, 9.17) is 9.73 Å². The summed E-state index contributed by atoms with van der Waals surface area (Å²) < 4.78 is 6.11. The molecule has 6 heteroatoms. The van der Waals surface area contributed by atoms with Crippen molar-refractivity contribution >= 4 is 29.9 Å². The third-order valence-electron chi connectivity index (χ3n) is 4.32. The lowest BCUT2D eigenvalue weighted by Gasteiger charge is -2.38. The molecule has 142 valence electrons. The second-order valence-electron chi connectivity index (χ2n) is 6.96. The predicted octanol–water partition coefficient (Wildman–Crippen LogP) is 3.41. The van der Waals surface area contributed by atoms with E-state index in [1.165, 1.54) is 5.56 Å². The Hall–Kier alpha value is -1.02. The number of rotatable bonds is 6. The molecule has 0 fully saturated rings. The summed E-state index contributed by atoms with van der Waals surface area (Å²) in [4.78, 5) is 6.99. The summed E-state index contributed by atoms with van der Waals surface area (Å²) in [5, 5.41) is 6.96. The normalized spacial score (nSPS) is 18.8. The molecule has 1 aliphatic heterocycles. The van der Waals surface area contributed by atoms with E-state index in [-0.39, 0.29) is 35.6 Å². The zero-order chi connectivity index (χ0) is 17.6. The highest BCUT2D eigenvalue weighted by molar-refractivity contribution is 14.0. The Kier molecular flexibility index (Phi) is 8.99. The van der Waals surface area contributed by atoms with Crippen LogP contribution in [0.1, 0.15) is 45.7 Å². The number of hydrogen-bond donors (Lipinski definition) is 2. The number of hydrogen-bond acceptors (Lipinski definition) is 3. The van der Waals surface area contributed by atoms with Gasteiger partial charge in [0.15, 0.2) is 5.96 Å². The van der Waals surface area contributed by atoms with Gasteiger partial charge in [-0.3, -0.25) is 4.99 Å². The van der Waals surface area contributed by atoms with Gasteiger partial charge in [0, 0.05) is 25.1 Å². The van der Waals surface area contributed by atoms with Crippen LogP contribution in [0, 0.1) is 0 Å².